The van der Waals surface area contributed by atoms with Crippen molar-refractivity contribution in [2.24, 2.45) is 5.73 Å². The number of nitrogens with two attached hydrogens (primary N) is 1. The summed E-state index contributed by atoms with van der Waals surface area (Å²) in [5.74, 6) is 0.738. The van der Waals surface area contributed by atoms with E-state index in [1.54, 1.807) is 17.7 Å². The molecule has 0 saturated heterocycles. The number of rotatable bonds is 10. The number of aromatic nitrogens is 2. The van der Waals surface area contributed by atoms with Gasteiger partial charge in [-0.05, 0) is 61.3 Å². The Morgan fingerprint density at radius 3 is 2.71 bits per heavy atom. The molecule has 2 aromatic heterocycles. The molecule has 0 aliphatic carbocycles. The minimum Gasteiger partial charge on any atom is -0.497 e. The van der Waals surface area contributed by atoms with Crippen molar-refractivity contribution >= 4 is 17.2 Å². The number of nitrogens with zero attached hydrogens (tertiary/aromatic N) is 2. The number of aliphatic hydroxyl groups excluding tert-OH is 1. The first-order valence-corrected chi connectivity index (χ1v) is 12.3. The van der Waals surface area contributed by atoms with Gasteiger partial charge in [-0.3, -0.25) is 4.79 Å². The van der Waals surface area contributed by atoms with Gasteiger partial charge in [0.2, 0.25) is 0 Å². The van der Waals surface area contributed by atoms with Crippen LogP contribution in [0.4, 0.5) is 0 Å². The number of hydrogen-bond acceptors (Lipinski definition) is 7. The van der Waals surface area contributed by atoms with E-state index in [1.165, 1.54) is 0 Å². The van der Waals surface area contributed by atoms with Crippen LogP contribution in [-0.2, 0) is 24.3 Å². The van der Waals surface area contributed by atoms with E-state index in [4.69, 9.17) is 15.5 Å². The molecule has 0 saturated carbocycles. The number of fused-ring (bicyclic) bond motifs is 4. The minimum atomic E-state index is -1.34. The largest absolute Gasteiger partial charge is 0.497 e. The first-order valence-electron chi connectivity index (χ1n) is 12.3. The Morgan fingerprint density at radius 2 is 2.06 bits per heavy atom. The maximum Gasteiger partial charge on any atom is 0.254 e. The zero-order chi connectivity index (χ0) is 25.5. The molecule has 0 radical (unpaired) electrons. The van der Waals surface area contributed by atoms with Crippen LogP contribution >= 0.6 is 0 Å². The van der Waals surface area contributed by atoms with Crippen LogP contribution in [0.1, 0.15) is 62.0 Å². The fraction of sp³-hybridized carbons (Fsp3) is 0.444. The molecule has 188 valence electrons. The van der Waals surface area contributed by atoms with Crippen molar-refractivity contribution in [2.75, 3.05) is 20.2 Å². The van der Waals surface area contributed by atoms with Gasteiger partial charge < -0.3 is 30.3 Å². The highest BCUT2D eigenvalue weighted by Crippen LogP contribution is 2.37. The molecular formula is C27H36N4O4. The number of aldehydes is 1. The summed E-state index contributed by atoms with van der Waals surface area (Å²) in [7, 11) is 1.63. The summed E-state index contributed by atoms with van der Waals surface area (Å²) < 4.78 is 7.15. The van der Waals surface area contributed by atoms with Crippen molar-refractivity contribution in [3.63, 3.8) is 0 Å². The van der Waals surface area contributed by atoms with Crippen LogP contribution in [0.25, 0.3) is 22.3 Å². The monoisotopic (exact) mass is 480 g/mol. The van der Waals surface area contributed by atoms with Gasteiger partial charge in [0, 0.05) is 23.1 Å². The zero-order valence-corrected chi connectivity index (χ0v) is 21.1. The van der Waals surface area contributed by atoms with Gasteiger partial charge in [0.1, 0.15) is 11.9 Å². The Balaban J connectivity index is 0.00000167. The lowest BCUT2D eigenvalue weighted by Crippen LogP contribution is -2.26. The maximum absolute atomic E-state index is 13.4. The smallest absolute Gasteiger partial charge is 0.254 e. The van der Waals surface area contributed by atoms with Crippen LogP contribution in [0.2, 0.25) is 0 Å². The number of nitrogens with one attached hydrogen (secondary N) is 1. The van der Waals surface area contributed by atoms with E-state index >= 15 is 0 Å². The fourth-order valence-corrected chi connectivity index (χ4v) is 4.56. The van der Waals surface area contributed by atoms with Crippen LogP contribution in [0, 0.1) is 0 Å². The Hall–Kier alpha value is -3.07. The van der Waals surface area contributed by atoms with E-state index in [9.17, 15) is 14.7 Å². The first-order chi connectivity index (χ1) is 17.0. The summed E-state index contributed by atoms with van der Waals surface area (Å²) in [5.41, 5.74) is 10.5. The molecule has 4 rings (SSSR count). The summed E-state index contributed by atoms with van der Waals surface area (Å²) >= 11 is 0. The van der Waals surface area contributed by atoms with Gasteiger partial charge >= 0.3 is 0 Å². The quantitative estimate of drug-likeness (QED) is 0.236. The molecule has 1 aliphatic heterocycles. The van der Waals surface area contributed by atoms with Crippen LogP contribution in [0.15, 0.2) is 29.1 Å². The Labute approximate surface area is 206 Å². The molecule has 3 heterocycles. The van der Waals surface area contributed by atoms with Crippen molar-refractivity contribution in [3.8, 4) is 17.1 Å². The van der Waals surface area contributed by atoms with Crippen LogP contribution in [0.5, 0.6) is 5.75 Å². The fourth-order valence-electron chi connectivity index (χ4n) is 4.56. The standard InChI is InChI=1S/C25H30N4O4.C2H6/c1-3-5-16-18(23(31)14-30)11-22-24-20(13-29(22)25(16)32)19(12-27-9-4-8-26)17-10-15(33-2)6-7-21(17)28-24;1-2/h6-7,10-11,14,23,27,31H,3-5,8-9,12-13,26H2,1-2H3;1-2H3. The first kappa shape index (κ1) is 26.5. The number of pyridine rings is 2. The van der Waals surface area contributed by atoms with Crippen molar-refractivity contribution in [1.29, 1.82) is 0 Å². The Kier molecular flexibility index (Phi) is 9.14. The predicted molar refractivity (Wildman–Crippen MR) is 139 cm³/mol. The number of carbonyl (C=O) groups is 1. The Morgan fingerprint density at radius 1 is 1.29 bits per heavy atom. The normalized spacial score (nSPS) is 12.5. The second kappa shape index (κ2) is 12.1. The van der Waals surface area contributed by atoms with E-state index in [0.717, 1.165) is 47.2 Å². The van der Waals surface area contributed by atoms with Gasteiger partial charge in [-0.15, -0.1) is 0 Å². The lowest BCUT2D eigenvalue weighted by atomic mass is 9.98. The number of hydrogen-bond donors (Lipinski definition) is 3. The van der Waals surface area contributed by atoms with E-state index < -0.39 is 6.10 Å². The second-order valence-corrected chi connectivity index (χ2v) is 8.31. The summed E-state index contributed by atoms with van der Waals surface area (Å²) in [6.45, 7) is 8.35. The van der Waals surface area contributed by atoms with E-state index in [2.05, 4.69) is 5.32 Å². The van der Waals surface area contributed by atoms with Crippen molar-refractivity contribution in [2.45, 2.75) is 59.2 Å². The molecule has 35 heavy (non-hydrogen) atoms. The molecule has 0 fully saturated rings. The van der Waals surface area contributed by atoms with Gasteiger partial charge in [0.25, 0.3) is 5.56 Å². The second-order valence-electron chi connectivity index (χ2n) is 8.31. The minimum absolute atomic E-state index is 0.174. The van der Waals surface area contributed by atoms with Gasteiger partial charge in [-0.1, -0.05) is 27.2 Å². The number of benzene rings is 1. The highest BCUT2D eigenvalue weighted by Gasteiger charge is 2.29. The molecule has 0 amide bonds. The summed E-state index contributed by atoms with van der Waals surface area (Å²) in [4.78, 5) is 29.7. The number of methoxy groups -OCH3 is 1. The molecule has 1 aliphatic rings. The molecule has 4 N–H and O–H groups in total. The van der Waals surface area contributed by atoms with Crippen molar-refractivity contribution < 1.29 is 14.6 Å². The average molecular weight is 481 g/mol. The molecular weight excluding hydrogens is 444 g/mol. The molecule has 0 bridgehead atoms. The van der Waals surface area contributed by atoms with E-state index in [0.29, 0.717) is 54.9 Å². The summed E-state index contributed by atoms with van der Waals surface area (Å²) in [5, 5.41) is 14.7. The van der Waals surface area contributed by atoms with Crippen molar-refractivity contribution in [1.82, 2.24) is 14.9 Å². The molecule has 8 nitrogen and oxygen atoms in total. The van der Waals surface area contributed by atoms with Gasteiger partial charge in [-0.2, -0.15) is 0 Å². The Bertz CT molecular complexity index is 1250. The highest BCUT2D eigenvalue weighted by atomic mass is 16.5. The SMILES string of the molecule is CC.CCCc1c(C(O)C=O)cc2n(c1=O)Cc1c-2nc2ccc(OC)cc2c1CNCCCN. The molecule has 1 unspecified atom stereocenters. The summed E-state index contributed by atoms with van der Waals surface area (Å²) in [6, 6.07) is 7.50. The predicted octanol–water partition coefficient (Wildman–Crippen LogP) is 3.08. The average Bonchev–Trinajstić information content (AvgIpc) is 3.26. The third-order valence-corrected chi connectivity index (χ3v) is 6.21. The van der Waals surface area contributed by atoms with E-state index in [-0.39, 0.29) is 5.56 Å². The molecule has 1 aromatic carbocycles. The molecule has 3 aromatic rings. The highest BCUT2D eigenvalue weighted by molar-refractivity contribution is 5.89. The van der Waals surface area contributed by atoms with Crippen molar-refractivity contribution in [3.05, 3.63) is 56.9 Å². The topological polar surface area (TPSA) is 119 Å². The zero-order valence-electron chi connectivity index (χ0n) is 21.1. The van der Waals surface area contributed by atoms with Gasteiger partial charge in [-0.25, -0.2) is 4.98 Å². The molecule has 0 spiro atoms. The van der Waals surface area contributed by atoms with E-state index in [1.807, 2.05) is 39.0 Å². The van der Waals surface area contributed by atoms with Crippen LogP contribution in [-0.4, -0.2) is 41.1 Å². The third kappa shape index (κ3) is 5.15. The number of ether oxygens (including phenoxy) is 1. The third-order valence-electron chi connectivity index (χ3n) is 6.21. The van der Waals surface area contributed by atoms with Crippen LogP contribution < -0.4 is 21.3 Å². The molecule has 1 atom stereocenters. The lowest BCUT2D eigenvalue weighted by molar-refractivity contribution is -0.115. The van der Waals surface area contributed by atoms with Gasteiger partial charge in [0.15, 0.2) is 6.29 Å². The van der Waals surface area contributed by atoms with Gasteiger partial charge in [0.05, 0.1) is 30.6 Å². The number of aliphatic hydroxyl groups is 1. The van der Waals surface area contributed by atoms with Crippen LogP contribution in [0.3, 0.4) is 0 Å². The lowest BCUT2D eigenvalue weighted by Gasteiger charge is -2.14. The molecule has 8 heteroatoms. The summed E-state index contributed by atoms with van der Waals surface area (Å²) in [6.07, 6.45) is 1.22. The maximum atomic E-state index is 13.4. The number of carbonyl (C=O) groups excluding carboxylic acids is 1.